The van der Waals surface area contributed by atoms with E-state index in [-0.39, 0.29) is 24.9 Å². The Balaban J connectivity index is 0.00000512. The number of hydrogen-bond donors (Lipinski definition) is 3. The number of rotatable bonds is 10. The number of esters is 1. The smallest absolute Gasteiger partial charge is 0.407 e. The minimum absolute atomic E-state index is 0. The Kier molecular flexibility index (Phi) is 12.2. The second-order valence-electron chi connectivity index (χ2n) is 6.67. The van der Waals surface area contributed by atoms with E-state index in [4.69, 9.17) is 10.5 Å². The van der Waals surface area contributed by atoms with Gasteiger partial charge in [-0.25, -0.2) is 9.59 Å². The molecular formula is C23H28ClN3O5. The van der Waals surface area contributed by atoms with E-state index in [0.29, 0.717) is 30.6 Å². The first-order valence-corrected chi connectivity index (χ1v) is 9.85. The van der Waals surface area contributed by atoms with E-state index in [1.165, 1.54) is 13.2 Å². The zero-order valence-electron chi connectivity index (χ0n) is 17.8. The zero-order chi connectivity index (χ0) is 22.5. The van der Waals surface area contributed by atoms with E-state index in [9.17, 15) is 14.4 Å². The molecule has 0 saturated heterocycles. The molecule has 172 valence electrons. The van der Waals surface area contributed by atoms with E-state index in [1.54, 1.807) is 30.3 Å². The molecule has 0 bridgehead atoms. The molecular weight excluding hydrogens is 434 g/mol. The Hall–Kier alpha value is -3.36. The SMILES string of the molecule is COC(=O)/C=C/c1ccccc1NC(=O)[C@@H](N)CCCNC(=O)OCc1ccccc1.Cl. The van der Waals surface area contributed by atoms with Crippen molar-refractivity contribution in [2.45, 2.75) is 25.5 Å². The minimum atomic E-state index is -0.750. The van der Waals surface area contributed by atoms with Crippen LogP contribution in [0.1, 0.15) is 24.0 Å². The molecule has 2 amide bonds. The lowest BCUT2D eigenvalue weighted by Gasteiger charge is -2.14. The van der Waals surface area contributed by atoms with Crippen LogP contribution in [0.2, 0.25) is 0 Å². The summed E-state index contributed by atoms with van der Waals surface area (Å²) in [4.78, 5) is 35.4. The summed E-state index contributed by atoms with van der Waals surface area (Å²) >= 11 is 0. The van der Waals surface area contributed by atoms with Gasteiger partial charge in [0.05, 0.1) is 13.2 Å². The van der Waals surface area contributed by atoms with Gasteiger partial charge in [-0.2, -0.15) is 0 Å². The van der Waals surface area contributed by atoms with Crippen molar-refractivity contribution < 1.29 is 23.9 Å². The maximum atomic E-state index is 12.4. The van der Waals surface area contributed by atoms with E-state index in [0.717, 1.165) is 5.56 Å². The summed E-state index contributed by atoms with van der Waals surface area (Å²) in [5.74, 6) is -0.849. The largest absolute Gasteiger partial charge is 0.466 e. The number of para-hydroxylation sites is 1. The zero-order valence-corrected chi connectivity index (χ0v) is 18.6. The Morgan fingerprint density at radius 1 is 1.06 bits per heavy atom. The number of ether oxygens (including phenoxy) is 2. The average Bonchev–Trinajstić information content (AvgIpc) is 2.80. The van der Waals surface area contributed by atoms with Crippen LogP contribution in [-0.2, 0) is 25.7 Å². The van der Waals surface area contributed by atoms with E-state index in [1.807, 2.05) is 30.3 Å². The van der Waals surface area contributed by atoms with Gasteiger partial charge in [-0.15, -0.1) is 12.4 Å². The van der Waals surface area contributed by atoms with Gasteiger partial charge in [0.2, 0.25) is 5.91 Å². The molecule has 2 aromatic carbocycles. The molecule has 0 radical (unpaired) electrons. The maximum absolute atomic E-state index is 12.4. The summed E-state index contributed by atoms with van der Waals surface area (Å²) in [5.41, 5.74) is 8.05. The van der Waals surface area contributed by atoms with Crippen molar-refractivity contribution in [2.24, 2.45) is 5.73 Å². The van der Waals surface area contributed by atoms with Crippen LogP contribution in [0.4, 0.5) is 10.5 Å². The Morgan fingerprint density at radius 3 is 2.47 bits per heavy atom. The highest BCUT2D eigenvalue weighted by Gasteiger charge is 2.14. The fourth-order valence-electron chi connectivity index (χ4n) is 2.63. The molecule has 0 spiro atoms. The van der Waals surface area contributed by atoms with E-state index in [2.05, 4.69) is 15.4 Å². The lowest BCUT2D eigenvalue weighted by atomic mass is 10.1. The monoisotopic (exact) mass is 461 g/mol. The number of amides is 2. The standard InChI is InChI=1S/C23H27N3O5.ClH/c1-30-21(27)14-13-18-10-5-6-12-20(18)26-22(28)19(24)11-7-15-25-23(29)31-16-17-8-3-2-4-9-17;/h2-6,8-10,12-14,19H,7,11,15-16,24H2,1H3,(H,25,29)(H,26,28);1H/b14-13+;/t19-;/m0./s1. The number of benzene rings is 2. The van der Waals surface area contributed by atoms with Crippen molar-refractivity contribution in [3.05, 3.63) is 71.8 Å². The lowest BCUT2D eigenvalue weighted by molar-refractivity contribution is -0.134. The van der Waals surface area contributed by atoms with Crippen molar-refractivity contribution in [2.75, 3.05) is 19.0 Å². The second kappa shape index (κ2) is 14.6. The van der Waals surface area contributed by atoms with Gasteiger partial charge in [-0.3, -0.25) is 4.79 Å². The highest BCUT2D eigenvalue weighted by Crippen LogP contribution is 2.17. The molecule has 0 aliphatic heterocycles. The number of carbonyl (C=O) groups is 3. The first kappa shape index (κ1) is 26.7. The van der Waals surface area contributed by atoms with Crippen LogP contribution < -0.4 is 16.4 Å². The Bertz CT molecular complexity index is 906. The molecule has 0 aliphatic rings. The average molecular weight is 462 g/mol. The third kappa shape index (κ3) is 9.63. The Morgan fingerprint density at radius 2 is 1.75 bits per heavy atom. The fraction of sp³-hybridized carbons (Fsp3) is 0.261. The lowest BCUT2D eigenvalue weighted by Crippen LogP contribution is -2.36. The molecule has 0 heterocycles. The first-order valence-electron chi connectivity index (χ1n) is 9.85. The van der Waals surface area contributed by atoms with Gasteiger partial charge in [0.1, 0.15) is 6.61 Å². The molecule has 8 nitrogen and oxygen atoms in total. The predicted molar refractivity (Wildman–Crippen MR) is 125 cm³/mol. The molecule has 4 N–H and O–H groups in total. The van der Waals surface area contributed by atoms with Crippen molar-refractivity contribution >= 4 is 42.1 Å². The molecule has 0 aliphatic carbocycles. The number of nitrogens with one attached hydrogen (secondary N) is 2. The van der Waals surface area contributed by atoms with E-state index < -0.39 is 18.1 Å². The van der Waals surface area contributed by atoms with Crippen LogP contribution in [0.5, 0.6) is 0 Å². The number of carbonyl (C=O) groups excluding carboxylic acids is 3. The number of anilines is 1. The van der Waals surface area contributed by atoms with Crippen LogP contribution in [0.15, 0.2) is 60.7 Å². The van der Waals surface area contributed by atoms with Crippen molar-refractivity contribution in [1.82, 2.24) is 5.32 Å². The van der Waals surface area contributed by atoms with Gasteiger partial charge in [0.25, 0.3) is 0 Å². The highest BCUT2D eigenvalue weighted by molar-refractivity contribution is 5.97. The molecule has 0 fully saturated rings. The summed E-state index contributed by atoms with van der Waals surface area (Å²) in [6, 6.07) is 15.6. The quantitative estimate of drug-likeness (QED) is 0.284. The second-order valence-corrected chi connectivity index (χ2v) is 6.67. The number of alkyl carbamates (subject to hydrolysis) is 1. The highest BCUT2D eigenvalue weighted by atomic mass is 35.5. The van der Waals surface area contributed by atoms with Gasteiger partial charge < -0.3 is 25.8 Å². The van der Waals surface area contributed by atoms with Gasteiger partial charge >= 0.3 is 12.1 Å². The topological polar surface area (TPSA) is 120 Å². The molecule has 32 heavy (non-hydrogen) atoms. The molecule has 0 unspecified atom stereocenters. The first-order chi connectivity index (χ1) is 15.0. The third-order valence-corrected chi connectivity index (χ3v) is 4.33. The molecule has 2 aromatic rings. The normalized spacial score (nSPS) is 11.2. The summed E-state index contributed by atoms with van der Waals surface area (Å²) in [6.07, 6.45) is 3.20. The van der Waals surface area contributed by atoms with Crippen molar-refractivity contribution in [3.8, 4) is 0 Å². The van der Waals surface area contributed by atoms with Gasteiger partial charge in [0.15, 0.2) is 0 Å². The summed E-state index contributed by atoms with van der Waals surface area (Å²) in [5, 5.41) is 5.40. The van der Waals surface area contributed by atoms with Crippen LogP contribution in [0, 0.1) is 0 Å². The molecule has 0 saturated carbocycles. The van der Waals surface area contributed by atoms with Crippen LogP contribution in [0.25, 0.3) is 6.08 Å². The number of nitrogens with two attached hydrogens (primary N) is 1. The summed E-state index contributed by atoms with van der Waals surface area (Å²) < 4.78 is 9.69. The molecule has 0 aromatic heterocycles. The van der Waals surface area contributed by atoms with Crippen LogP contribution >= 0.6 is 12.4 Å². The molecule has 2 rings (SSSR count). The van der Waals surface area contributed by atoms with Crippen LogP contribution in [-0.4, -0.2) is 37.7 Å². The van der Waals surface area contributed by atoms with Gasteiger partial charge in [0, 0.05) is 18.3 Å². The van der Waals surface area contributed by atoms with Crippen molar-refractivity contribution in [3.63, 3.8) is 0 Å². The number of hydrogen-bond acceptors (Lipinski definition) is 6. The van der Waals surface area contributed by atoms with E-state index >= 15 is 0 Å². The summed E-state index contributed by atoms with van der Waals surface area (Å²) in [7, 11) is 1.29. The Labute approximate surface area is 193 Å². The fourth-order valence-corrected chi connectivity index (χ4v) is 2.63. The van der Waals surface area contributed by atoms with Gasteiger partial charge in [-0.1, -0.05) is 48.5 Å². The number of methoxy groups -OCH3 is 1. The van der Waals surface area contributed by atoms with Gasteiger partial charge in [-0.05, 0) is 36.1 Å². The number of halogens is 1. The molecule has 9 heteroatoms. The predicted octanol–water partition coefficient (Wildman–Crippen LogP) is 3.27. The summed E-state index contributed by atoms with van der Waals surface area (Å²) in [6.45, 7) is 0.533. The minimum Gasteiger partial charge on any atom is -0.466 e. The third-order valence-electron chi connectivity index (χ3n) is 4.33. The van der Waals surface area contributed by atoms with Crippen molar-refractivity contribution in [1.29, 1.82) is 0 Å². The molecule has 1 atom stereocenters. The maximum Gasteiger partial charge on any atom is 0.407 e. The van der Waals surface area contributed by atoms with Crippen LogP contribution in [0.3, 0.4) is 0 Å².